The highest BCUT2D eigenvalue weighted by molar-refractivity contribution is 5.75. The van der Waals surface area contributed by atoms with Gasteiger partial charge in [-0.1, -0.05) is 24.3 Å². The lowest BCUT2D eigenvalue weighted by Gasteiger charge is -2.20. The van der Waals surface area contributed by atoms with E-state index >= 15 is 4.39 Å². The number of halogens is 2. The summed E-state index contributed by atoms with van der Waals surface area (Å²) in [5.74, 6) is -0.310. The fourth-order valence-corrected chi connectivity index (χ4v) is 4.30. The molecule has 1 aliphatic rings. The number of nitrogens with one attached hydrogen (secondary N) is 1. The Hall–Kier alpha value is -3.65. The summed E-state index contributed by atoms with van der Waals surface area (Å²) in [5.41, 5.74) is 3.81. The molecule has 0 unspecified atom stereocenters. The summed E-state index contributed by atoms with van der Waals surface area (Å²) in [4.78, 5) is 11.1. The van der Waals surface area contributed by atoms with Crippen LogP contribution in [0.3, 0.4) is 0 Å². The van der Waals surface area contributed by atoms with Crippen molar-refractivity contribution in [3.63, 3.8) is 0 Å². The van der Waals surface area contributed by atoms with Gasteiger partial charge in [0.15, 0.2) is 23.0 Å². The van der Waals surface area contributed by atoms with Crippen LogP contribution >= 0.6 is 0 Å². The van der Waals surface area contributed by atoms with E-state index in [0.717, 1.165) is 28.3 Å². The summed E-state index contributed by atoms with van der Waals surface area (Å²) in [6, 6.07) is 12.6. The third-order valence-corrected chi connectivity index (χ3v) is 6.31. The summed E-state index contributed by atoms with van der Waals surface area (Å²) < 4.78 is 52.3. The van der Waals surface area contributed by atoms with E-state index in [4.69, 9.17) is 18.9 Å². The van der Waals surface area contributed by atoms with Gasteiger partial charge in [0, 0.05) is 24.6 Å². The van der Waals surface area contributed by atoms with Gasteiger partial charge < -0.3 is 29.1 Å². The van der Waals surface area contributed by atoms with Gasteiger partial charge in [-0.05, 0) is 61.2 Å². The van der Waals surface area contributed by atoms with Crippen LogP contribution in [0.5, 0.6) is 23.0 Å². The molecular formula is C29H31F2NO5. The molecule has 0 fully saturated rings. The van der Waals surface area contributed by atoms with E-state index in [1.807, 2.05) is 43.3 Å². The van der Waals surface area contributed by atoms with Crippen molar-refractivity contribution in [1.29, 1.82) is 0 Å². The van der Waals surface area contributed by atoms with E-state index in [-0.39, 0.29) is 36.0 Å². The Morgan fingerprint density at radius 3 is 2.62 bits per heavy atom. The highest BCUT2D eigenvalue weighted by atomic mass is 19.1. The number of methoxy groups -OCH3 is 1. The van der Waals surface area contributed by atoms with Crippen LogP contribution in [0.1, 0.15) is 36.5 Å². The van der Waals surface area contributed by atoms with Crippen molar-refractivity contribution in [3.05, 3.63) is 70.8 Å². The van der Waals surface area contributed by atoms with Crippen LogP contribution in [0.4, 0.5) is 8.78 Å². The van der Waals surface area contributed by atoms with Gasteiger partial charge in [-0.3, -0.25) is 0 Å². The minimum Gasteiger partial charge on any atom is -0.493 e. The first-order chi connectivity index (χ1) is 17.9. The number of ether oxygens (including phenoxy) is 4. The van der Waals surface area contributed by atoms with Crippen molar-refractivity contribution in [1.82, 2.24) is 5.32 Å². The molecule has 0 saturated carbocycles. The monoisotopic (exact) mass is 511 g/mol. The maximum absolute atomic E-state index is 15.2. The SMILES string of the molecule is COc1c(F)c(OCc2cccc(-c3ccc4c(c3)OCCO4)c2C)cc(F)c1CNCCCC(C)=O. The Morgan fingerprint density at radius 2 is 1.86 bits per heavy atom. The lowest BCUT2D eigenvalue weighted by molar-refractivity contribution is -0.117. The van der Waals surface area contributed by atoms with E-state index in [0.29, 0.717) is 44.1 Å². The Morgan fingerprint density at radius 1 is 1.08 bits per heavy atom. The van der Waals surface area contributed by atoms with Crippen molar-refractivity contribution >= 4 is 5.78 Å². The number of Topliss-reactive ketones (excluding diaryl/α,β-unsaturated/α-hetero) is 1. The van der Waals surface area contributed by atoms with Crippen LogP contribution < -0.4 is 24.3 Å². The molecule has 3 aromatic rings. The van der Waals surface area contributed by atoms with Gasteiger partial charge in [0.25, 0.3) is 0 Å². The number of ketones is 1. The second-order valence-electron chi connectivity index (χ2n) is 8.90. The van der Waals surface area contributed by atoms with Crippen molar-refractivity contribution < 1.29 is 32.5 Å². The predicted molar refractivity (Wildman–Crippen MR) is 136 cm³/mol. The molecule has 0 spiro atoms. The lowest BCUT2D eigenvalue weighted by Crippen LogP contribution is -2.17. The second-order valence-corrected chi connectivity index (χ2v) is 8.90. The van der Waals surface area contributed by atoms with E-state index in [1.165, 1.54) is 14.0 Å². The van der Waals surface area contributed by atoms with Gasteiger partial charge >= 0.3 is 0 Å². The minimum atomic E-state index is -0.759. The smallest absolute Gasteiger partial charge is 0.207 e. The summed E-state index contributed by atoms with van der Waals surface area (Å²) in [6.07, 6.45) is 1.05. The number of carbonyl (C=O) groups excluding carboxylic acids is 1. The molecule has 1 aliphatic heterocycles. The molecule has 1 heterocycles. The first-order valence-electron chi connectivity index (χ1n) is 12.3. The van der Waals surface area contributed by atoms with E-state index in [1.54, 1.807) is 0 Å². The number of rotatable bonds is 11. The molecule has 196 valence electrons. The zero-order valence-electron chi connectivity index (χ0n) is 21.3. The summed E-state index contributed by atoms with van der Waals surface area (Å²) >= 11 is 0. The third kappa shape index (κ3) is 6.20. The zero-order chi connectivity index (χ0) is 26.4. The third-order valence-electron chi connectivity index (χ3n) is 6.31. The molecule has 3 aromatic carbocycles. The molecule has 8 heteroatoms. The molecule has 0 radical (unpaired) electrons. The van der Waals surface area contributed by atoms with Crippen molar-refractivity contribution in [2.75, 3.05) is 26.9 Å². The van der Waals surface area contributed by atoms with Gasteiger partial charge in [0.2, 0.25) is 5.82 Å². The summed E-state index contributed by atoms with van der Waals surface area (Å²) in [7, 11) is 1.29. The lowest BCUT2D eigenvalue weighted by atomic mass is 9.96. The molecule has 4 rings (SSSR count). The Labute approximate surface area is 215 Å². The van der Waals surface area contributed by atoms with Gasteiger partial charge in [-0.25, -0.2) is 4.39 Å². The summed E-state index contributed by atoms with van der Waals surface area (Å²) in [5, 5.41) is 3.03. The number of carbonyl (C=O) groups is 1. The van der Waals surface area contributed by atoms with Crippen LogP contribution in [-0.4, -0.2) is 32.7 Å². The molecule has 0 bridgehead atoms. The molecule has 37 heavy (non-hydrogen) atoms. The van der Waals surface area contributed by atoms with Crippen molar-refractivity contribution in [3.8, 4) is 34.1 Å². The van der Waals surface area contributed by atoms with Gasteiger partial charge in [-0.15, -0.1) is 0 Å². The maximum atomic E-state index is 15.2. The van der Waals surface area contributed by atoms with Crippen molar-refractivity contribution in [2.45, 2.75) is 39.8 Å². The highest BCUT2D eigenvalue weighted by Crippen LogP contribution is 2.37. The van der Waals surface area contributed by atoms with Gasteiger partial charge in [0.1, 0.15) is 31.4 Å². The van der Waals surface area contributed by atoms with Crippen LogP contribution in [0.2, 0.25) is 0 Å². The second kappa shape index (κ2) is 12.1. The predicted octanol–water partition coefficient (Wildman–Crippen LogP) is 5.76. The van der Waals surface area contributed by atoms with Gasteiger partial charge in [-0.2, -0.15) is 4.39 Å². The van der Waals surface area contributed by atoms with Crippen LogP contribution in [-0.2, 0) is 17.9 Å². The minimum absolute atomic E-state index is 0.0480. The first-order valence-corrected chi connectivity index (χ1v) is 12.3. The van der Waals surface area contributed by atoms with Crippen LogP contribution in [0, 0.1) is 18.6 Å². The average Bonchev–Trinajstić information content (AvgIpc) is 2.89. The van der Waals surface area contributed by atoms with E-state index in [9.17, 15) is 9.18 Å². The number of benzene rings is 3. The van der Waals surface area contributed by atoms with Crippen LogP contribution in [0.25, 0.3) is 11.1 Å². The standard InChI is InChI=1S/C29H31F2NO5/c1-18(33)6-5-11-32-16-23-24(30)15-27(28(31)29(23)34-3)37-17-21-7-4-8-22(19(21)2)20-9-10-25-26(14-20)36-13-12-35-25/h4,7-10,14-15,32H,5-6,11-13,16-17H2,1-3H3. The fraction of sp³-hybridized carbons (Fsp3) is 0.345. The molecule has 6 nitrogen and oxygen atoms in total. The quantitative estimate of drug-likeness (QED) is 0.331. The normalized spacial score (nSPS) is 12.4. The van der Waals surface area contributed by atoms with E-state index in [2.05, 4.69) is 5.32 Å². The molecule has 0 aromatic heterocycles. The largest absolute Gasteiger partial charge is 0.493 e. The Balaban J connectivity index is 1.49. The Kier molecular flexibility index (Phi) is 8.61. The molecule has 0 atom stereocenters. The van der Waals surface area contributed by atoms with Crippen LogP contribution in [0.15, 0.2) is 42.5 Å². The van der Waals surface area contributed by atoms with Crippen molar-refractivity contribution in [2.24, 2.45) is 0 Å². The highest BCUT2D eigenvalue weighted by Gasteiger charge is 2.21. The van der Waals surface area contributed by atoms with Gasteiger partial charge in [0.05, 0.1) is 7.11 Å². The number of hydrogen-bond donors (Lipinski definition) is 1. The molecule has 0 amide bonds. The average molecular weight is 512 g/mol. The molecular weight excluding hydrogens is 480 g/mol. The summed E-state index contributed by atoms with van der Waals surface area (Å²) in [6.45, 7) is 5.13. The van der Waals surface area contributed by atoms with E-state index < -0.39 is 11.6 Å². The first kappa shape index (κ1) is 26.4. The molecule has 0 saturated heterocycles. The Bertz CT molecular complexity index is 1280. The molecule has 0 aliphatic carbocycles. The topological polar surface area (TPSA) is 66.0 Å². The number of fused-ring (bicyclic) bond motifs is 1. The molecule has 1 N–H and O–H groups in total. The fourth-order valence-electron chi connectivity index (χ4n) is 4.30. The number of hydrogen-bond acceptors (Lipinski definition) is 6. The zero-order valence-corrected chi connectivity index (χ0v) is 21.3. The maximum Gasteiger partial charge on any atom is 0.207 e.